The highest BCUT2D eigenvalue weighted by molar-refractivity contribution is 5.74. The number of urea groups is 1. The largest absolute Gasteiger partial charge is 0.481 e. The van der Waals surface area contributed by atoms with E-state index in [0.717, 1.165) is 5.56 Å². The van der Waals surface area contributed by atoms with E-state index in [9.17, 15) is 14.7 Å². The molecule has 7 nitrogen and oxygen atoms in total. The van der Waals surface area contributed by atoms with Crippen LogP contribution < -0.4 is 10.6 Å². The molecule has 0 aliphatic heterocycles. The lowest BCUT2D eigenvalue weighted by molar-refractivity contribution is -0.141. The van der Waals surface area contributed by atoms with Crippen molar-refractivity contribution in [2.75, 3.05) is 6.54 Å². The Labute approximate surface area is 110 Å². The Morgan fingerprint density at radius 1 is 1.32 bits per heavy atom. The highest BCUT2D eigenvalue weighted by atomic mass is 16.4. The minimum atomic E-state index is -1.47. The molecule has 1 unspecified atom stereocenters. The minimum absolute atomic E-state index is 0.137. The maximum atomic E-state index is 11.5. The molecule has 0 aliphatic carbocycles. The summed E-state index contributed by atoms with van der Waals surface area (Å²) in [7, 11) is 0. The van der Waals surface area contributed by atoms with Crippen molar-refractivity contribution in [3.8, 4) is 0 Å². The molecule has 0 aromatic carbocycles. The molecule has 1 rings (SSSR count). The second-order valence-corrected chi connectivity index (χ2v) is 4.46. The van der Waals surface area contributed by atoms with Crippen molar-refractivity contribution in [2.24, 2.45) is 0 Å². The average Bonchev–Trinajstić information content (AvgIpc) is 2.34. The number of hydrogen-bond donors (Lipinski definition) is 4. The molecule has 1 atom stereocenters. The van der Waals surface area contributed by atoms with Gasteiger partial charge in [0.15, 0.2) is 0 Å². The monoisotopic (exact) mass is 267 g/mol. The van der Waals surface area contributed by atoms with Crippen LogP contribution in [0.3, 0.4) is 0 Å². The highest BCUT2D eigenvalue weighted by Crippen LogP contribution is 2.07. The molecule has 0 aliphatic rings. The van der Waals surface area contributed by atoms with Crippen molar-refractivity contribution >= 4 is 12.0 Å². The van der Waals surface area contributed by atoms with Gasteiger partial charge in [0, 0.05) is 25.5 Å². The molecule has 7 heteroatoms. The summed E-state index contributed by atoms with van der Waals surface area (Å²) < 4.78 is 0. The van der Waals surface area contributed by atoms with Gasteiger partial charge in [0.1, 0.15) is 0 Å². The van der Waals surface area contributed by atoms with Crippen LogP contribution in [-0.4, -0.2) is 39.3 Å². The van der Waals surface area contributed by atoms with E-state index < -0.39 is 24.0 Å². The number of carbonyl (C=O) groups is 2. The normalized spacial score (nSPS) is 13.4. The van der Waals surface area contributed by atoms with Crippen LogP contribution in [0, 0.1) is 0 Å². The van der Waals surface area contributed by atoms with Gasteiger partial charge in [-0.2, -0.15) is 0 Å². The molecule has 0 bridgehead atoms. The second kappa shape index (κ2) is 6.69. The first kappa shape index (κ1) is 14.9. The summed E-state index contributed by atoms with van der Waals surface area (Å²) in [5, 5.41) is 23.3. The zero-order chi connectivity index (χ0) is 14.3. The van der Waals surface area contributed by atoms with Gasteiger partial charge in [0.2, 0.25) is 0 Å². The van der Waals surface area contributed by atoms with Crippen molar-refractivity contribution in [2.45, 2.75) is 25.5 Å². The summed E-state index contributed by atoms with van der Waals surface area (Å²) in [5.41, 5.74) is -0.581. The lowest BCUT2D eigenvalue weighted by Gasteiger charge is -2.21. The molecule has 1 aromatic heterocycles. The van der Waals surface area contributed by atoms with Crippen LogP contribution in [0.15, 0.2) is 24.5 Å². The molecule has 0 spiro atoms. The van der Waals surface area contributed by atoms with Crippen LogP contribution in [-0.2, 0) is 11.3 Å². The first-order valence-corrected chi connectivity index (χ1v) is 5.74. The van der Waals surface area contributed by atoms with Crippen LogP contribution in [0.1, 0.15) is 18.9 Å². The quantitative estimate of drug-likeness (QED) is 0.584. The van der Waals surface area contributed by atoms with Gasteiger partial charge < -0.3 is 20.8 Å². The molecule has 1 heterocycles. The van der Waals surface area contributed by atoms with Gasteiger partial charge in [-0.1, -0.05) is 0 Å². The van der Waals surface area contributed by atoms with Crippen molar-refractivity contribution < 1.29 is 19.8 Å². The van der Waals surface area contributed by atoms with E-state index in [0.29, 0.717) is 6.54 Å². The number of aliphatic carboxylic acids is 1. The smallest absolute Gasteiger partial charge is 0.315 e. The standard InChI is InChI=1S/C12H17N3O4/c1-12(19,6-10(16)17)8-15-11(18)14-7-9-2-4-13-5-3-9/h2-5,19H,6-8H2,1H3,(H,16,17)(H2,14,15,18). The molecule has 1 aromatic rings. The number of rotatable bonds is 6. The molecule has 19 heavy (non-hydrogen) atoms. The van der Waals surface area contributed by atoms with E-state index in [1.165, 1.54) is 6.92 Å². The predicted molar refractivity (Wildman–Crippen MR) is 67.4 cm³/mol. The summed E-state index contributed by atoms with van der Waals surface area (Å²) in [6, 6.07) is 3.06. The van der Waals surface area contributed by atoms with Crippen LogP contribution in [0.5, 0.6) is 0 Å². The summed E-state index contributed by atoms with van der Waals surface area (Å²) in [6.45, 7) is 1.54. The van der Waals surface area contributed by atoms with E-state index in [1.807, 2.05) is 0 Å². The third-order valence-electron chi connectivity index (χ3n) is 2.36. The first-order chi connectivity index (χ1) is 8.89. The van der Waals surface area contributed by atoms with Gasteiger partial charge >= 0.3 is 12.0 Å². The van der Waals surface area contributed by atoms with Gasteiger partial charge in [0.25, 0.3) is 0 Å². The Kier molecular flexibility index (Phi) is 5.25. The molecular formula is C12H17N3O4. The van der Waals surface area contributed by atoms with E-state index >= 15 is 0 Å². The summed E-state index contributed by atoms with van der Waals surface area (Å²) in [5.74, 6) is -1.12. The Balaban J connectivity index is 2.30. The van der Waals surface area contributed by atoms with Gasteiger partial charge in [-0.15, -0.1) is 0 Å². The fourth-order valence-corrected chi connectivity index (χ4v) is 1.40. The van der Waals surface area contributed by atoms with Crippen LogP contribution in [0.2, 0.25) is 0 Å². The Morgan fingerprint density at radius 3 is 2.53 bits per heavy atom. The second-order valence-electron chi connectivity index (χ2n) is 4.46. The number of nitrogens with one attached hydrogen (secondary N) is 2. The number of nitrogens with zero attached hydrogens (tertiary/aromatic N) is 1. The van der Waals surface area contributed by atoms with Crippen molar-refractivity contribution in [1.82, 2.24) is 15.6 Å². The lowest BCUT2D eigenvalue weighted by Crippen LogP contribution is -2.45. The van der Waals surface area contributed by atoms with Gasteiger partial charge in [-0.25, -0.2) is 4.79 Å². The Morgan fingerprint density at radius 2 is 1.95 bits per heavy atom. The van der Waals surface area contributed by atoms with E-state index in [1.54, 1.807) is 24.5 Å². The average molecular weight is 267 g/mol. The third kappa shape index (κ3) is 6.37. The molecule has 0 radical (unpaired) electrons. The summed E-state index contributed by atoms with van der Waals surface area (Å²) in [4.78, 5) is 25.8. The first-order valence-electron chi connectivity index (χ1n) is 5.74. The number of carbonyl (C=O) groups excluding carboxylic acids is 1. The van der Waals surface area contributed by atoms with Crippen LogP contribution in [0.4, 0.5) is 4.79 Å². The number of carboxylic acid groups (broad SMARTS) is 1. The van der Waals surface area contributed by atoms with Crippen molar-refractivity contribution in [3.05, 3.63) is 30.1 Å². The Bertz CT molecular complexity index is 434. The molecule has 104 valence electrons. The van der Waals surface area contributed by atoms with E-state index in [4.69, 9.17) is 5.11 Å². The molecule has 2 amide bonds. The lowest BCUT2D eigenvalue weighted by atomic mass is 10.0. The fraction of sp³-hybridized carbons (Fsp3) is 0.417. The summed E-state index contributed by atoms with van der Waals surface area (Å²) in [6.07, 6.45) is 2.80. The van der Waals surface area contributed by atoms with Gasteiger partial charge in [-0.05, 0) is 24.6 Å². The number of pyridine rings is 1. The molecule has 0 saturated carbocycles. The maximum absolute atomic E-state index is 11.5. The molecular weight excluding hydrogens is 250 g/mol. The zero-order valence-corrected chi connectivity index (χ0v) is 10.6. The maximum Gasteiger partial charge on any atom is 0.315 e. The van der Waals surface area contributed by atoms with Gasteiger partial charge in [-0.3, -0.25) is 9.78 Å². The zero-order valence-electron chi connectivity index (χ0n) is 10.6. The van der Waals surface area contributed by atoms with Crippen molar-refractivity contribution in [1.29, 1.82) is 0 Å². The van der Waals surface area contributed by atoms with Crippen LogP contribution in [0.25, 0.3) is 0 Å². The molecule has 4 N–H and O–H groups in total. The van der Waals surface area contributed by atoms with Gasteiger partial charge in [0.05, 0.1) is 12.0 Å². The minimum Gasteiger partial charge on any atom is -0.481 e. The SMILES string of the molecule is CC(O)(CNC(=O)NCc1ccncc1)CC(=O)O. The van der Waals surface area contributed by atoms with Crippen molar-refractivity contribution in [3.63, 3.8) is 0 Å². The Hall–Kier alpha value is -2.15. The fourth-order valence-electron chi connectivity index (χ4n) is 1.40. The third-order valence-corrected chi connectivity index (χ3v) is 2.36. The molecule has 0 saturated heterocycles. The van der Waals surface area contributed by atoms with Crippen LogP contribution >= 0.6 is 0 Å². The summed E-state index contributed by atoms with van der Waals surface area (Å²) >= 11 is 0. The topological polar surface area (TPSA) is 112 Å². The number of hydrogen-bond acceptors (Lipinski definition) is 4. The number of aliphatic hydroxyl groups is 1. The number of amides is 2. The number of aromatic nitrogens is 1. The van der Waals surface area contributed by atoms with E-state index in [-0.39, 0.29) is 6.54 Å². The molecule has 0 fully saturated rings. The predicted octanol–water partition coefficient (Wildman–Crippen LogP) is 0.106. The number of carboxylic acids is 1. The highest BCUT2D eigenvalue weighted by Gasteiger charge is 2.24. The van der Waals surface area contributed by atoms with E-state index in [2.05, 4.69) is 15.6 Å².